The summed E-state index contributed by atoms with van der Waals surface area (Å²) in [6.45, 7) is 0. The van der Waals surface area contributed by atoms with Crippen LogP contribution in [0.2, 0.25) is 0 Å². The number of hydrogen-bond acceptors (Lipinski definition) is 7. The molecular formula is CH2N6O3. The third kappa shape index (κ3) is 1.07. The first-order chi connectivity index (χ1) is 4.70. The number of tetrazole rings is 1. The summed E-state index contributed by atoms with van der Waals surface area (Å²) in [6, 6.07) is 0. The predicted octanol–water partition coefficient (Wildman–Crippen LogP) is -2.12. The molecule has 10 heavy (non-hydrogen) atoms. The Labute approximate surface area is 53.4 Å². The molecule has 0 saturated carbocycles. The van der Waals surface area contributed by atoms with Crippen molar-refractivity contribution in [2.75, 3.05) is 5.73 Å². The van der Waals surface area contributed by atoms with Gasteiger partial charge in [-0.2, -0.15) is 4.94 Å². The molecule has 54 valence electrons. The summed E-state index contributed by atoms with van der Waals surface area (Å²) in [6.07, 6.45) is 0. The molecule has 0 aromatic carbocycles. The van der Waals surface area contributed by atoms with Gasteiger partial charge in [-0.1, -0.05) is 5.10 Å². The van der Waals surface area contributed by atoms with Crippen molar-refractivity contribution in [1.29, 1.82) is 0 Å². The highest BCUT2D eigenvalue weighted by Crippen LogP contribution is 1.85. The zero-order valence-electron chi connectivity index (χ0n) is 4.54. The van der Waals surface area contributed by atoms with Crippen LogP contribution in [0.25, 0.3) is 0 Å². The molecule has 1 aromatic heterocycles. The summed E-state index contributed by atoms with van der Waals surface area (Å²) in [4.78, 5) is 13.8. The molecule has 0 amide bonds. The first-order valence-electron chi connectivity index (χ1n) is 2.07. The number of rotatable bonds is 2. The van der Waals surface area contributed by atoms with Crippen LogP contribution in [0.15, 0.2) is 0 Å². The largest absolute Gasteiger partial charge is 0.366 e. The fourth-order valence-corrected chi connectivity index (χ4v) is 0.308. The van der Waals surface area contributed by atoms with Gasteiger partial charge in [0.1, 0.15) is 0 Å². The van der Waals surface area contributed by atoms with E-state index in [0.29, 0.717) is 4.85 Å². The van der Waals surface area contributed by atoms with E-state index in [0.717, 1.165) is 0 Å². The lowest BCUT2D eigenvalue weighted by atomic mass is 11.1. The Morgan fingerprint density at radius 1 is 1.80 bits per heavy atom. The zero-order chi connectivity index (χ0) is 7.56. The van der Waals surface area contributed by atoms with E-state index in [1.807, 2.05) is 0 Å². The van der Waals surface area contributed by atoms with Gasteiger partial charge < -0.3 is 5.73 Å². The van der Waals surface area contributed by atoms with Crippen molar-refractivity contribution >= 4 is 5.95 Å². The van der Waals surface area contributed by atoms with Gasteiger partial charge in [0.05, 0.1) is 10.1 Å². The lowest BCUT2D eigenvalue weighted by Gasteiger charge is -1.91. The Hall–Kier alpha value is -1.93. The van der Waals surface area contributed by atoms with Gasteiger partial charge in [0.25, 0.3) is 0 Å². The molecule has 1 aromatic rings. The average Bonchev–Trinajstić information content (AvgIpc) is 2.15. The molecule has 1 rings (SSSR count). The fraction of sp³-hybridized carbons (Fsp3) is 0. The van der Waals surface area contributed by atoms with Crippen molar-refractivity contribution in [2.24, 2.45) is 0 Å². The second-order valence-electron chi connectivity index (χ2n) is 1.22. The summed E-state index contributed by atoms with van der Waals surface area (Å²) in [7, 11) is 0. The monoisotopic (exact) mass is 146 g/mol. The van der Waals surface area contributed by atoms with Crippen LogP contribution in [0.4, 0.5) is 5.95 Å². The van der Waals surface area contributed by atoms with Crippen molar-refractivity contribution in [2.45, 2.75) is 0 Å². The molecule has 0 aliphatic rings. The van der Waals surface area contributed by atoms with E-state index in [1.54, 1.807) is 0 Å². The first-order valence-corrected chi connectivity index (χ1v) is 2.07. The van der Waals surface area contributed by atoms with Crippen LogP contribution in [0.1, 0.15) is 0 Å². The zero-order valence-corrected chi connectivity index (χ0v) is 4.54. The molecule has 0 saturated heterocycles. The minimum Gasteiger partial charge on any atom is -0.344 e. The fourth-order valence-electron chi connectivity index (χ4n) is 0.308. The maximum atomic E-state index is 9.63. The lowest BCUT2D eigenvalue weighted by Crippen LogP contribution is -2.21. The maximum Gasteiger partial charge on any atom is 0.366 e. The van der Waals surface area contributed by atoms with Crippen LogP contribution in [-0.2, 0) is 0 Å². The molecule has 0 unspecified atom stereocenters. The highest BCUT2D eigenvalue weighted by molar-refractivity contribution is 5.07. The summed E-state index contributed by atoms with van der Waals surface area (Å²) in [5.41, 5.74) is 4.99. The smallest absolute Gasteiger partial charge is 0.344 e. The Balaban J connectivity index is 2.74. The summed E-state index contributed by atoms with van der Waals surface area (Å²) < 4.78 is 0. The molecule has 0 aliphatic heterocycles. The Kier molecular flexibility index (Phi) is 1.32. The Bertz CT molecular complexity index is 241. The van der Waals surface area contributed by atoms with Crippen LogP contribution in [-0.4, -0.2) is 25.5 Å². The normalized spacial score (nSPS) is 9.20. The van der Waals surface area contributed by atoms with Gasteiger partial charge in [0.2, 0.25) is 0 Å². The third-order valence-corrected chi connectivity index (χ3v) is 0.608. The van der Waals surface area contributed by atoms with E-state index in [2.05, 4.69) is 20.5 Å². The predicted molar refractivity (Wildman–Crippen MR) is 25.8 cm³/mol. The minimum absolute atomic E-state index is 0.281. The standard InChI is InChI=1S/CH2N6O3/c2-1-3-4-5-6(1)10-7(8)9/h(H2,2,3,5). The number of aromatic nitrogens is 4. The number of nitrogens with two attached hydrogens (primary N) is 1. The number of anilines is 1. The Morgan fingerprint density at radius 3 is 2.90 bits per heavy atom. The van der Waals surface area contributed by atoms with Gasteiger partial charge in [0, 0.05) is 5.21 Å². The van der Waals surface area contributed by atoms with Gasteiger partial charge in [0.15, 0.2) is 5.09 Å². The highest BCUT2D eigenvalue weighted by Gasteiger charge is 2.07. The van der Waals surface area contributed by atoms with E-state index in [4.69, 9.17) is 5.73 Å². The molecule has 0 bridgehead atoms. The molecule has 9 heteroatoms. The molecular weight excluding hydrogens is 144 g/mol. The van der Waals surface area contributed by atoms with E-state index in [1.165, 1.54) is 0 Å². The molecule has 0 radical (unpaired) electrons. The van der Waals surface area contributed by atoms with Crippen LogP contribution in [0.3, 0.4) is 0 Å². The van der Waals surface area contributed by atoms with Gasteiger partial charge >= 0.3 is 5.95 Å². The lowest BCUT2D eigenvalue weighted by molar-refractivity contribution is -0.751. The molecule has 0 atom stereocenters. The molecule has 0 aliphatic carbocycles. The molecule has 0 spiro atoms. The first kappa shape index (κ1) is 6.19. The van der Waals surface area contributed by atoms with Crippen molar-refractivity contribution in [3.05, 3.63) is 10.1 Å². The van der Waals surface area contributed by atoms with E-state index in [-0.39, 0.29) is 5.95 Å². The van der Waals surface area contributed by atoms with Gasteiger partial charge in [-0.05, 0) is 0 Å². The molecule has 0 fully saturated rings. The van der Waals surface area contributed by atoms with E-state index < -0.39 is 5.09 Å². The second kappa shape index (κ2) is 2.13. The summed E-state index contributed by atoms with van der Waals surface area (Å²) in [5, 5.41) is 17.7. The highest BCUT2D eigenvalue weighted by atomic mass is 17.0. The minimum atomic E-state index is -1.08. The average molecular weight is 146 g/mol. The van der Waals surface area contributed by atoms with Crippen molar-refractivity contribution < 1.29 is 10.0 Å². The summed E-state index contributed by atoms with van der Waals surface area (Å²) >= 11 is 0. The summed E-state index contributed by atoms with van der Waals surface area (Å²) in [5.74, 6) is -0.281. The van der Waals surface area contributed by atoms with Crippen molar-refractivity contribution in [3.8, 4) is 0 Å². The third-order valence-electron chi connectivity index (χ3n) is 0.608. The van der Waals surface area contributed by atoms with Crippen molar-refractivity contribution in [3.63, 3.8) is 0 Å². The second-order valence-corrected chi connectivity index (χ2v) is 1.22. The van der Waals surface area contributed by atoms with Gasteiger partial charge in [-0.3, -0.25) is 0 Å². The van der Waals surface area contributed by atoms with Crippen LogP contribution in [0.5, 0.6) is 0 Å². The molecule has 9 nitrogen and oxygen atoms in total. The number of nitrogens with zero attached hydrogens (tertiary/aromatic N) is 5. The number of hydrogen-bond donors (Lipinski definition) is 1. The van der Waals surface area contributed by atoms with Crippen LogP contribution >= 0.6 is 0 Å². The topological polar surface area (TPSA) is 122 Å². The SMILES string of the molecule is Nc1nnnn1O[N+](=O)[O-]. The number of nitrogen functional groups attached to an aromatic ring is 1. The quantitative estimate of drug-likeness (QED) is 0.373. The van der Waals surface area contributed by atoms with Gasteiger partial charge in [-0.25, -0.2) is 10.1 Å². The molecule has 1 heterocycles. The molecule has 2 N–H and O–H groups in total. The van der Waals surface area contributed by atoms with Crippen LogP contribution < -0.4 is 10.7 Å². The maximum absolute atomic E-state index is 9.63. The van der Waals surface area contributed by atoms with E-state index >= 15 is 0 Å². The Morgan fingerprint density at radius 2 is 2.50 bits per heavy atom. The van der Waals surface area contributed by atoms with Crippen molar-refractivity contribution in [1.82, 2.24) is 20.4 Å². The van der Waals surface area contributed by atoms with Crippen LogP contribution in [0, 0.1) is 10.1 Å². The van der Waals surface area contributed by atoms with Gasteiger partial charge in [-0.15, -0.1) is 0 Å². The van der Waals surface area contributed by atoms with E-state index in [9.17, 15) is 10.1 Å².